The molecule has 5 aromatic rings. The third kappa shape index (κ3) is 4.58. The molecular weight excluding hydrogens is 460 g/mol. The van der Waals surface area contributed by atoms with E-state index in [1.54, 1.807) is 0 Å². The van der Waals surface area contributed by atoms with Gasteiger partial charge in [-0.2, -0.15) is 4.57 Å². The van der Waals surface area contributed by atoms with Crippen molar-refractivity contribution >= 4 is 11.0 Å². The molecule has 0 amide bonds. The lowest BCUT2D eigenvalue weighted by molar-refractivity contribution is -0.657. The average molecular weight is 502 g/mol. The number of benzene rings is 4. The van der Waals surface area contributed by atoms with Gasteiger partial charge in [0.15, 0.2) is 11.0 Å². The van der Waals surface area contributed by atoms with Crippen LogP contribution in [0.5, 0.6) is 0 Å². The Hall–Kier alpha value is -3.65. The van der Waals surface area contributed by atoms with Crippen LogP contribution in [0.1, 0.15) is 77.3 Å². The van der Waals surface area contributed by atoms with Gasteiger partial charge in [-0.05, 0) is 79.1 Å². The fourth-order valence-corrected chi connectivity index (χ4v) is 5.85. The van der Waals surface area contributed by atoms with Gasteiger partial charge in [-0.15, -0.1) is 0 Å². The summed E-state index contributed by atoms with van der Waals surface area (Å²) in [7, 11) is 2.21. The quantitative estimate of drug-likeness (QED) is 0.212. The van der Waals surface area contributed by atoms with Crippen molar-refractivity contribution in [2.75, 3.05) is 0 Å². The molecule has 0 radical (unpaired) electrons. The Morgan fingerprint density at radius 1 is 0.605 bits per heavy atom. The van der Waals surface area contributed by atoms with Gasteiger partial charge in [-0.1, -0.05) is 94.4 Å². The molecule has 1 aromatic heterocycles. The maximum atomic E-state index is 2.56. The first-order valence-electron chi connectivity index (χ1n) is 13.9. The van der Waals surface area contributed by atoms with Crippen LogP contribution in [-0.4, -0.2) is 4.57 Å². The van der Waals surface area contributed by atoms with Crippen LogP contribution in [0.4, 0.5) is 0 Å². The lowest BCUT2D eigenvalue weighted by Crippen LogP contribution is -2.39. The Morgan fingerprint density at radius 3 is 1.61 bits per heavy atom. The third-order valence-electron chi connectivity index (χ3n) is 7.65. The molecule has 194 valence electrons. The number of imidazole rings is 1. The summed E-state index contributed by atoms with van der Waals surface area (Å²) in [5, 5.41) is 0. The first-order valence-corrected chi connectivity index (χ1v) is 13.9. The molecule has 0 atom stereocenters. The van der Waals surface area contributed by atoms with Crippen LogP contribution in [0.25, 0.3) is 39.0 Å². The molecule has 4 aromatic carbocycles. The van der Waals surface area contributed by atoms with Gasteiger partial charge < -0.3 is 0 Å². The van der Waals surface area contributed by atoms with E-state index in [0.29, 0.717) is 11.8 Å². The number of fused-ring (bicyclic) bond motifs is 1. The van der Waals surface area contributed by atoms with Crippen LogP contribution in [0.2, 0.25) is 0 Å². The first-order chi connectivity index (χ1) is 18.1. The predicted molar refractivity (Wildman–Crippen MR) is 162 cm³/mol. The fraction of sp³-hybridized carbons (Fsp3) is 0.306. The normalized spacial score (nSPS) is 12.2. The molecule has 0 aliphatic carbocycles. The molecule has 0 aliphatic heterocycles. The Kier molecular flexibility index (Phi) is 6.77. The summed E-state index contributed by atoms with van der Waals surface area (Å²) in [5.74, 6) is 2.08. The molecule has 0 aliphatic rings. The molecule has 1 heterocycles. The van der Waals surface area contributed by atoms with Crippen molar-refractivity contribution in [2.24, 2.45) is 7.05 Å². The number of rotatable bonds is 5. The summed E-state index contributed by atoms with van der Waals surface area (Å²) < 4.78 is 4.95. The van der Waals surface area contributed by atoms with Crippen molar-refractivity contribution in [3.63, 3.8) is 0 Å². The molecule has 0 spiro atoms. The minimum absolute atomic E-state index is 0.0256. The summed E-state index contributed by atoms with van der Waals surface area (Å²) in [6, 6.07) is 33.4. The number of aromatic nitrogens is 2. The molecule has 0 saturated carbocycles. The highest BCUT2D eigenvalue weighted by Gasteiger charge is 2.36. The van der Waals surface area contributed by atoms with E-state index >= 15 is 0 Å². The van der Waals surface area contributed by atoms with Gasteiger partial charge in [0, 0.05) is 11.1 Å². The van der Waals surface area contributed by atoms with E-state index in [-0.39, 0.29) is 5.41 Å². The van der Waals surface area contributed by atoms with Crippen molar-refractivity contribution in [2.45, 2.75) is 65.7 Å². The number of para-hydroxylation sites is 2. The van der Waals surface area contributed by atoms with Crippen LogP contribution in [0, 0.1) is 0 Å². The monoisotopic (exact) mass is 501 g/mol. The highest BCUT2D eigenvalue weighted by atomic mass is 15.2. The second kappa shape index (κ2) is 9.91. The van der Waals surface area contributed by atoms with Gasteiger partial charge in [0.1, 0.15) is 5.69 Å². The number of hydrogen-bond acceptors (Lipinski definition) is 0. The smallest absolute Gasteiger partial charge is 0.229 e. The molecular formula is C36H41N2+. The molecule has 5 rings (SSSR count). The standard InChI is InChI=1S/C36H41N2/c1-24(2)30-22-29(28-20-18-27(19-21-28)26-14-10-9-11-15-26)23-31(25(3)4)34(30)38-33-17-13-12-16-32(33)37(8)35(38)36(5,6)7/h9-25H,1-8H3/q+1. The fourth-order valence-electron chi connectivity index (χ4n) is 5.85. The maximum absolute atomic E-state index is 2.56. The van der Waals surface area contributed by atoms with Gasteiger partial charge in [0.2, 0.25) is 0 Å². The van der Waals surface area contributed by atoms with Gasteiger partial charge >= 0.3 is 0 Å². The van der Waals surface area contributed by atoms with Crippen LogP contribution in [0.15, 0.2) is 91.0 Å². The SMILES string of the molecule is CC(C)c1cc(-c2ccc(-c3ccccc3)cc2)cc(C(C)C)c1-n1c(C(C)(C)C)[n+](C)c2ccccc21. The minimum atomic E-state index is -0.0256. The predicted octanol–water partition coefficient (Wildman–Crippen LogP) is 9.33. The zero-order valence-electron chi connectivity index (χ0n) is 24.2. The van der Waals surface area contributed by atoms with Crippen molar-refractivity contribution < 1.29 is 4.57 Å². The molecule has 0 unspecified atom stereocenters. The molecule has 2 heteroatoms. The largest absolute Gasteiger partial charge is 0.267 e. The summed E-state index contributed by atoms with van der Waals surface area (Å²) in [6.45, 7) is 16.3. The number of nitrogens with zero attached hydrogens (tertiary/aromatic N) is 2. The summed E-state index contributed by atoms with van der Waals surface area (Å²) in [6.07, 6.45) is 0. The van der Waals surface area contributed by atoms with Gasteiger partial charge in [0.05, 0.1) is 12.5 Å². The first kappa shape index (κ1) is 26.0. The van der Waals surface area contributed by atoms with Crippen LogP contribution >= 0.6 is 0 Å². The topological polar surface area (TPSA) is 8.81 Å². The zero-order valence-corrected chi connectivity index (χ0v) is 24.2. The minimum Gasteiger partial charge on any atom is -0.229 e. The molecule has 0 saturated heterocycles. The van der Waals surface area contributed by atoms with Gasteiger partial charge in [0.25, 0.3) is 5.82 Å². The van der Waals surface area contributed by atoms with Crippen molar-refractivity contribution in [1.82, 2.24) is 4.57 Å². The van der Waals surface area contributed by atoms with E-state index in [9.17, 15) is 0 Å². The van der Waals surface area contributed by atoms with E-state index in [0.717, 1.165) is 0 Å². The Morgan fingerprint density at radius 2 is 1.08 bits per heavy atom. The van der Waals surface area contributed by atoms with Gasteiger partial charge in [-0.25, -0.2) is 4.57 Å². The lowest BCUT2D eigenvalue weighted by atomic mass is 9.87. The molecule has 38 heavy (non-hydrogen) atoms. The van der Waals surface area contributed by atoms with Gasteiger partial charge in [-0.3, -0.25) is 0 Å². The van der Waals surface area contributed by atoms with E-state index in [4.69, 9.17) is 0 Å². The van der Waals surface area contributed by atoms with Crippen LogP contribution in [0.3, 0.4) is 0 Å². The summed E-state index contributed by atoms with van der Waals surface area (Å²) >= 11 is 0. The summed E-state index contributed by atoms with van der Waals surface area (Å²) in [4.78, 5) is 0. The molecule has 0 N–H and O–H groups in total. The third-order valence-corrected chi connectivity index (χ3v) is 7.65. The van der Waals surface area contributed by atoms with E-state index < -0.39 is 0 Å². The average Bonchev–Trinajstić information content (AvgIpc) is 3.21. The highest BCUT2D eigenvalue weighted by molar-refractivity contribution is 5.79. The van der Waals surface area contributed by atoms with Crippen molar-refractivity contribution in [3.05, 3.63) is 108 Å². The lowest BCUT2D eigenvalue weighted by Gasteiger charge is -2.23. The summed E-state index contributed by atoms with van der Waals surface area (Å²) in [5.41, 5.74) is 11.7. The van der Waals surface area contributed by atoms with Crippen LogP contribution in [-0.2, 0) is 12.5 Å². The number of aryl methyl sites for hydroxylation is 1. The van der Waals surface area contributed by atoms with Crippen LogP contribution < -0.4 is 4.57 Å². The molecule has 0 bridgehead atoms. The van der Waals surface area contributed by atoms with Crippen molar-refractivity contribution in [1.29, 1.82) is 0 Å². The Labute approximate surface area is 228 Å². The van der Waals surface area contributed by atoms with E-state index in [2.05, 4.69) is 156 Å². The molecule has 0 fully saturated rings. The second-order valence-electron chi connectivity index (χ2n) is 12.2. The van der Waals surface area contributed by atoms with Crippen molar-refractivity contribution in [3.8, 4) is 27.9 Å². The highest BCUT2D eigenvalue weighted by Crippen LogP contribution is 2.40. The maximum Gasteiger partial charge on any atom is 0.267 e. The Balaban J connectivity index is 1.77. The van der Waals surface area contributed by atoms with E-state index in [1.807, 2.05) is 0 Å². The zero-order chi connectivity index (χ0) is 27.2. The molecule has 2 nitrogen and oxygen atoms in total. The Bertz CT molecular complexity index is 1550. The number of hydrogen-bond donors (Lipinski definition) is 0. The second-order valence-corrected chi connectivity index (χ2v) is 12.2. The van der Waals surface area contributed by atoms with E-state index in [1.165, 1.54) is 55.9 Å².